The van der Waals surface area contributed by atoms with Crippen molar-refractivity contribution in [2.24, 2.45) is 0 Å². The van der Waals surface area contributed by atoms with Gasteiger partial charge in [-0.3, -0.25) is 4.79 Å². The van der Waals surface area contributed by atoms with Gasteiger partial charge in [0.2, 0.25) is 0 Å². The van der Waals surface area contributed by atoms with Crippen LogP contribution in [0.1, 0.15) is 21.5 Å². The number of phenolic OH excluding ortho intramolecular Hbond substituents is 1. The van der Waals surface area contributed by atoms with Crippen molar-refractivity contribution in [3.8, 4) is 17.6 Å². The van der Waals surface area contributed by atoms with E-state index in [-0.39, 0.29) is 11.3 Å². The molecule has 106 valence electrons. The van der Waals surface area contributed by atoms with Crippen molar-refractivity contribution < 1.29 is 14.6 Å². The minimum atomic E-state index is -0.445. The van der Waals surface area contributed by atoms with Crippen LogP contribution in [0.4, 0.5) is 5.69 Å². The van der Waals surface area contributed by atoms with Crippen molar-refractivity contribution in [1.29, 1.82) is 5.26 Å². The number of hydrogen-bond acceptors (Lipinski definition) is 4. The predicted octanol–water partition coefficient (Wildman–Crippen LogP) is 2.83. The largest absolute Gasteiger partial charge is 0.507 e. The van der Waals surface area contributed by atoms with Gasteiger partial charge in [0.05, 0.1) is 30.0 Å². The molecule has 0 aromatic heterocycles. The lowest BCUT2D eigenvalue weighted by Gasteiger charge is -2.11. The summed E-state index contributed by atoms with van der Waals surface area (Å²) in [5, 5.41) is 21.4. The summed E-state index contributed by atoms with van der Waals surface area (Å²) in [6, 6.07) is 11.6. The third-order valence-corrected chi connectivity index (χ3v) is 3.06. The number of amides is 1. The van der Waals surface area contributed by atoms with Crippen molar-refractivity contribution in [2.75, 3.05) is 12.4 Å². The molecule has 21 heavy (non-hydrogen) atoms. The van der Waals surface area contributed by atoms with E-state index in [1.807, 2.05) is 6.07 Å². The van der Waals surface area contributed by atoms with Crippen LogP contribution in [0, 0.1) is 18.3 Å². The number of carbonyl (C=O) groups is 1. The molecule has 2 rings (SSSR count). The molecule has 0 fully saturated rings. The Morgan fingerprint density at radius 3 is 2.76 bits per heavy atom. The third-order valence-electron chi connectivity index (χ3n) is 3.06. The first-order valence-corrected chi connectivity index (χ1v) is 6.25. The fourth-order valence-corrected chi connectivity index (χ4v) is 1.90. The number of aromatic hydroxyl groups is 1. The molecule has 5 heteroatoms. The number of nitriles is 1. The first kappa shape index (κ1) is 14.4. The second-order valence-electron chi connectivity index (χ2n) is 4.45. The van der Waals surface area contributed by atoms with Gasteiger partial charge in [-0.1, -0.05) is 12.1 Å². The van der Waals surface area contributed by atoms with E-state index in [4.69, 9.17) is 10.00 Å². The van der Waals surface area contributed by atoms with Crippen molar-refractivity contribution in [1.82, 2.24) is 0 Å². The van der Waals surface area contributed by atoms with Crippen LogP contribution in [-0.2, 0) is 0 Å². The molecular weight excluding hydrogens is 268 g/mol. The van der Waals surface area contributed by atoms with Gasteiger partial charge in [-0.05, 0) is 30.7 Å². The van der Waals surface area contributed by atoms with Gasteiger partial charge < -0.3 is 15.2 Å². The Hall–Kier alpha value is -3.00. The van der Waals surface area contributed by atoms with Gasteiger partial charge in [-0.15, -0.1) is 0 Å². The normalized spacial score (nSPS) is 9.76. The van der Waals surface area contributed by atoms with Crippen LogP contribution in [0.25, 0.3) is 0 Å². The zero-order chi connectivity index (χ0) is 15.4. The Balaban J connectivity index is 2.32. The van der Waals surface area contributed by atoms with Crippen molar-refractivity contribution in [2.45, 2.75) is 6.92 Å². The number of ether oxygens (including phenoxy) is 1. The lowest BCUT2D eigenvalue weighted by atomic mass is 10.1. The maximum absolute atomic E-state index is 12.2. The fraction of sp³-hybridized carbons (Fsp3) is 0.125. The van der Waals surface area contributed by atoms with Gasteiger partial charge in [0.25, 0.3) is 5.91 Å². The molecule has 0 saturated heterocycles. The number of aryl methyl sites for hydroxylation is 1. The van der Waals surface area contributed by atoms with Crippen LogP contribution >= 0.6 is 0 Å². The number of nitrogens with one attached hydrogen (secondary N) is 1. The molecule has 5 nitrogen and oxygen atoms in total. The number of rotatable bonds is 3. The number of carbonyl (C=O) groups excluding carboxylic acids is 1. The highest BCUT2D eigenvalue weighted by Gasteiger charge is 2.14. The summed E-state index contributed by atoms with van der Waals surface area (Å²) < 4.78 is 5.15. The van der Waals surface area contributed by atoms with Gasteiger partial charge in [0.15, 0.2) is 0 Å². The molecule has 0 atom stereocenters. The van der Waals surface area contributed by atoms with Gasteiger partial charge in [-0.25, -0.2) is 0 Å². The van der Waals surface area contributed by atoms with E-state index < -0.39 is 5.91 Å². The van der Waals surface area contributed by atoms with Crippen molar-refractivity contribution >= 4 is 11.6 Å². The van der Waals surface area contributed by atoms with Crippen molar-refractivity contribution in [3.05, 3.63) is 53.1 Å². The Morgan fingerprint density at radius 2 is 2.10 bits per heavy atom. The Bertz CT molecular complexity index is 733. The highest BCUT2D eigenvalue weighted by atomic mass is 16.5. The SMILES string of the molecule is COc1cc(C#N)ccc1NC(=O)c1cccc(C)c1O. The number of hydrogen-bond donors (Lipinski definition) is 2. The van der Waals surface area contributed by atoms with Crippen LogP contribution in [0.5, 0.6) is 11.5 Å². The summed E-state index contributed by atoms with van der Waals surface area (Å²) in [5.41, 5.74) is 1.67. The first-order chi connectivity index (χ1) is 10.1. The Kier molecular flexibility index (Phi) is 4.10. The molecule has 0 aliphatic rings. The lowest BCUT2D eigenvalue weighted by Crippen LogP contribution is -2.13. The van der Waals surface area contributed by atoms with E-state index in [1.54, 1.807) is 31.2 Å². The summed E-state index contributed by atoms with van der Waals surface area (Å²) >= 11 is 0. The number of phenols is 1. The minimum Gasteiger partial charge on any atom is -0.507 e. The summed E-state index contributed by atoms with van der Waals surface area (Å²) in [6.45, 7) is 1.72. The minimum absolute atomic E-state index is 0.0531. The molecule has 0 bridgehead atoms. The molecule has 0 heterocycles. The molecule has 1 amide bonds. The first-order valence-electron chi connectivity index (χ1n) is 6.25. The van der Waals surface area contributed by atoms with Crippen LogP contribution in [0.2, 0.25) is 0 Å². The zero-order valence-corrected chi connectivity index (χ0v) is 11.7. The second-order valence-corrected chi connectivity index (χ2v) is 4.45. The van der Waals surface area contributed by atoms with Gasteiger partial charge in [-0.2, -0.15) is 5.26 Å². The lowest BCUT2D eigenvalue weighted by molar-refractivity contribution is 0.102. The van der Waals surface area contributed by atoms with Crippen LogP contribution in [0.15, 0.2) is 36.4 Å². The Morgan fingerprint density at radius 1 is 1.33 bits per heavy atom. The third kappa shape index (κ3) is 2.95. The van der Waals surface area contributed by atoms with Crippen LogP contribution in [-0.4, -0.2) is 18.1 Å². The topological polar surface area (TPSA) is 82.3 Å². The summed E-state index contributed by atoms with van der Waals surface area (Å²) in [7, 11) is 1.45. The molecule has 0 spiro atoms. The predicted molar refractivity (Wildman–Crippen MR) is 78.5 cm³/mol. The van der Waals surface area contributed by atoms with E-state index in [2.05, 4.69) is 5.32 Å². The monoisotopic (exact) mass is 282 g/mol. The highest BCUT2D eigenvalue weighted by molar-refractivity contribution is 6.07. The van der Waals surface area contributed by atoms with Crippen LogP contribution in [0.3, 0.4) is 0 Å². The summed E-state index contributed by atoms with van der Waals surface area (Å²) in [6.07, 6.45) is 0. The van der Waals surface area contributed by atoms with Crippen LogP contribution < -0.4 is 10.1 Å². The molecular formula is C16H14N2O3. The molecule has 2 aromatic rings. The van der Waals surface area contributed by atoms with Gasteiger partial charge in [0, 0.05) is 6.07 Å². The molecule has 0 unspecified atom stereocenters. The molecule has 2 N–H and O–H groups in total. The average Bonchev–Trinajstić information content (AvgIpc) is 2.50. The molecule has 0 saturated carbocycles. The second kappa shape index (κ2) is 5.97. The molecule has 0 radical (unpaired) electrons. The van der Waals surface area contributed by atoms with E-state index in [0.29, 0.717) is 22.6 Å². The molecule has 0 aliphatic heterocycles. The van der Waals surface area contributed by atoms with E-state index in [1.165, 1.54) is 19.2 Å². The number of benzene rings is 2. The maximum atomic E-state index is 12.2. The number of nitrogens with zero attached hydrogens (tertiary/aromatic N) is 1. The molecule has 0 aliphatic carbocycles. The highest BCUT2D eigenvalue weighted by Crippen LogP contribution is 2.28. The van der Waals surface area contributed by atoms with Gasteiger partial charge in [0.1, 0.15) is 11.5 Å². The number of methoxy groups -OCH3 is 1. The quantitative estimate of drug-likeness (QED) is 0.906. The van der Waals surface area contributed by atoms with E-state index in [0.717, 1.165) is 0 Å². The molecule has 2 aromatic carbocycles. The smallest absolute Gasteiger partial charge is 0.259 e. The zero-order valence-electron chi connectivity index (χ0n) is 11.7. The maximum Gasteiger partial charge on any atom is 0.259 e. The number of anilines is 1. The average molecular weight is 282 g/mol. The Labute approximate surface area is 122 Å². The standard InChI is InChI=1S/C16H14N2O3/c1-10-4-3-5-12(15(10)19)16(20)18-13-7-6-11(9-17)8-14(13)21-2/h3-8,19H,1-2H3,(H,18,20). The van der Waals surface area contributed by atoms with Crippen molar-refractivity contribution in [3.63, 3.8) is 0 Å². The van der Waals surface area contributed by atoms with E-state index >= 15 is 0 Å². The number of para-hydroxylation sites is 1. The van der Waals surface area contributed by atoms with Gasteiger partial charge >= 0.3 is 0 Å². The summed E-state index contributed by atoms with van der Waals surface area (Å²) in [5.74, 6) is -0.114. The summed E-state index contributed by atoms with van der Waals surface area (Å²) in [4.78, 5) is 12.2. The fourth-order valence-electron chi connectivity index (χ4n) is 1.90. The van der Waals surface area contributed by atoms with E-state index in [9.17, 15) is 9.90 Å².